The molecule has 4 nitrogen and oxygen atoms in total. The molecule has 7 heteroatoms. The zero-order chi connectivity index (χ0) is 17.4. The molecule has 0 amide bonds. The third-order valence-corrected chi connectivity index (χ3v) is 4.24. The van der Waals surface area contributed by atoms with Gasteiger partial charge in [-0.1, -0.05) is 34.8 Å². The van der Waals surface area contributed by atoms with Crippen LogP contribution >= 0.6 is 34.8 Å². The first-order valence-corrected chi connectivity index (χ1v) is 7.91. The van der Waals surface area contributed by atoms with E-state index in [4.69, 9.17) is 39.5 Å². The number of halogens is 3. The standard InChI is InChI=1S/C17H10Cl3NO3/c1-24-15-3-2-8(18)4-12(15)14-7-11(17(22)23)10-5-9(19)6-13(20)16(10)21-14/h2-7H,1H3,(H,22,23). The Balaban J connectivity index is 2.39. The van der Waals surface area contributed by atoms with Crippen molar-refractivity contribution in [2.45, 2.75) is 0 Å². The number of carboxylic acid groups (broad SMARTS) is 1. The van der Waals surface area contributed by atoms with E-state index in [1.807, 2.05) is 0 Å². The summed E-state index contributed by atoms with van der Waals surface area (Å²) in [6.07, 6.45) is 0. The van der Waals surface area contributed by atoms with Crippen molar-refractivity contribution in [2.75, 3.05) is 7.11 Å². The van der Waals surface area contributed by atoms with Gasteiger partial charge in [-0.15, -0.1) is 0 Å². The molecule has 3 aromatic rings. The second kappa shape index (κ2) is 6.48. The van der Waals surface area contributed by atoms with Crippen LogP contribution < -0.4 is 4.74 Å². The fraction of sp³-hybridized carbons (Fsp3) is 0.0588. The van der Waals surface area contributed by atoms with E-state index in [2.05, 4.69) is 4.98 Å². The summed E-state index contributed by atoms with van der Waals surface area (Å²) in [4.78, 5) is 16.2. The Morgan fingerprint density at radius 1 is 1.08 bits per heavy atom. The van der Waals surface area contributed by atoms with Crippen LogP contribution in [-0.4, -0.2) is 23.2 Å². The fourth-order valence-corrected chi connectivity index (χ4v) is 3.16. The average Bonchev–Trinajstić information content (AvgIpc) is 2.53. The largest absolute Gasteiger partial charge is 0.496 e. The lowest BCUT2D eigenvalue weighted by molar-refractivity contribution is 0.0699. The van der Waals surface area contributed by atoms with Crippen LogP contribution in [0.3, 0.4) is 0 Å². The Hall–Kier alpha value is -2.01. The average molecular weight is 383 g/mol. The van der Waals surface area contributed by atoms with Gasteiger partial charge < -0.3 is 9.84 Å². The van der Waals surface area contributed by atoms with E-state index in [1.54, 1.807) is 18.2 Å². The number of nitrogens with zero attached hydrogens (tertiary/aromatic N) is 1. The number of carboxylic acids is 1. The Morgan fingerprint density at radius 3 is 2.50 bits per heavy atom. The number of hydrogen-bond donors (Lipinski definition) is 1. The van der Waals surface area contributed by atoms with Crippen molar-refractivity contribution in [3.8, 4) is 17.0 Å². The molecule has 1 aromatic heterocycles. The van der Waals surface area contributed by atoms with Gasteiger partial charge in [0.1, 0.15) is 5.75 Å². The molecule has 0 unspecified atom stereocenters. The summed E-state index contributed by atoms with van der Waals surface area (Å²) in [7, 11) is 1.51. The number of ether oxygens (including phenoxy) is 1. The van der Waals surface area contributed by atoms with Crippen LogP contribution in [-0.2, 0) is 0 Å². The smallest absolute Gasteiger partial charge is 0.336 e. The third kappa shape index (κ3) is 3.00. The molecule has 0 spiro atoms. The SMILES string of the molecule is COc1ccc(Cl)cc1-c1cc(C(=O)O)c2cc(Cl)cc(Cl)c2n1. The zero-order valence-electron chi connectivity index (χ0n) is 12.3. The van der Waals surface area contributed by atoms with Gasteiger partial charge in [-0.3, -0.25) is 0 Å². The molecule has 2 aromatic carbocycles. The molecular formula is C17H10Cl3NO3. The number of aromatic carboxylic acids is 1. The fourth-order valence-electron chi connectivity index (χ4n) is 2.45. The highest BCUT2D eigenvalue weighted by molar-refractivity contribution is 6.38. The van der Waals surface area contributed by atoms with Gasteiger partial charge in [-0.25, -0.2) is 9.78 Å². The van der Waals surface area contributed by atoms with Crippen molar-refractivity contribution in [2.24, 2.45) is 0 Å². The Morgan fingerprint density at radius 2 is 1.83 bits per heavy atom. The predicted octanol–water partition coefficient (Wildman–Crippen LogP) is 5.57. The Bertz CT molecular complexity index is 973. The van der Waals surface area contributed by atoms with Crippen molar-refractivity contribution in [3.05, 3.63) is 57.0 Å². The van der Waals surface area contributed by atoms with Gasteiger partial charge in [0, 0.05) is 21.0 Å². The van der Waals surface area contributed by atoms with Gasteiger partial charge in [0.05, 0.1) is 28.9 Å². The summed E-state index contributed by atoms with van der Waals surface area (Å²) in [5.41, 5.74) is 1.35. The quantitative estimate of drug-likeness (QED) is 0.643. The second-order valence-electron chi connectivity index (χ2n) is 4.99. The highest BCUT2D eigenvalue weighted by Gasteiger charge is 2.17. The minimum Gasteiger partial charge on any atom is -0.496 e. The van der Waals surface area contributed by atoms with E-state index < -0.39 is 5.97 Å². The molecule has 1 heterocycles. The van der Waals surface area contributed by atoms with Crippen molar-refractivity contribution in [1.29, 1.82) is 0 Å². The van der Waals surface area contributed by atoms with E-state index in [-0.39, 0.29) is 10.6 Å². The molecule has 0 aliphatic carbocycles. The minimum atomic E-state index is -1.11. The third-order valence-electron chi connectivity index (χ3n) is 3.50. The zero-order valence-corrected chi connectivity index (χ0v) is 14.6. The van der Waals surface area contributed by atoms with Crippen LogP contribution in [0.25, 0.3) is 22.2 Å². The van der Waals surface area contributed by atoms with E-state index in [9.17, 15) is 9.90 Å². The monoisotopic (exact) mass is 381 g/mol. The van der Waals surface area contributed by atoms with Crippen LogP contribution in [0.4, 0.5) is 0 Å². The molecule has 24 heavy (non-hydrogen) atoms. The summed E-state index contributed by atoms with van der Waals surface area (Å²) >= 11 is 18.2. The lowest BCUT2D eigenvalue weighted by atomic mass is 10.0. The van der Waals surface area contributed by atoms with Crippen molar-refractivity contribution < 1.29 is 14.6 Å². The van der Waals surface area contributed by atoms with Crippen LogP contribution in [0.1, 0.15) is 10.4 Å². The lowest BCUT2D eigenvalue weighted by Gasteiger charge is -2.12. The number of aromatic nitrogens is 1. The number of pyridine rings is 1. The van der Waals surface area contributed by atoms with Gasteiger partial charge in [0.25, 0.3) is 0 Å². The van der Waals surface area contributed by atoms with E-state index >= 15 is 0 Å². The molecule has 0 aliphatic heterocycles. The van der Waals surface area contributed by atoms with E-state index in [0.29, 0.717) is 38.0 Å². The summed E-state index contributed by atoms with van der Waals surface area (Å²) in [5.74, 6) is -0.587. The van der Waals surface area contributed by atoms with Gasteiger partial charge in [0.2, 0.25) is 0 Å². The summed E-state index contributed by atoms with van der Waals surface area (Å²) in [6.45, 7) is 0. The highest BCUT2D eigenvalue weighted by atomic mass is 35.5. The predicted molar refractivity (Wildman–Crippen MR) is 95.7 cm³/mol. The molecule has 0 fully saturated rings. The molecule has 0 bridgehead atoms. The first-order chi connectivity index (χ1) is 11.4. The van der Waals surface area contributed by atoms with Gasteiger partial charge in [-0.2, -0.15) is 0 Å². The van der Waals surface area contributed by atoms with Crippen LogP contribution in [0, 0.1) is 0 Å². The molecule has 0 aliphatic rings. The highest BCUT2D eigenvalue weighted by Crippen LogP contribution is 2.36. The molecule has 0 radical (unpaired) electrons. The normalized spacial score (nSPS) is 10.8. The van der Waals surface area contributed by atoms with Crippen molar-refractivity contribution in [1.82, 2.24) is 4.98 Å². The van der Waals surface area contributed by atoms with Crippen LogP contribution in [0.15, 0.2) is 36.4 Å². The first-order valence-electron chi connectivity index (χ1n) is 6.77. The maximum absolute atomic E-state index is 11.7. The number of rotatable bonds is 3. The van der Waals surface area contributed by atoms with Crippen LogP contribution in [0.2, 0.25) is 15.1 Å². The number of methoxy groups -OCH3 is 1. The Labute approximate surface area is 152 Å². The number of fused-ring (bicyclic) bond motifs is 1. The minimum absolute atomic E-state index is 0.0430. The van der Waals surface area contributed by atoms with Crippen LogP contribution in [0.5, 0.6) is 5.75 Å². The summed E-state index contributed by atoms with van der Waals surface area (Å²) in [6, 6.07) is 9.51. The number of hydrogen-bond acceptors (Lipinski definition) is 3. The molecule has 0 saturated heterocycles. The maximum atomic E-state index is 11.7. The van der Waals surface area contributed by atoms with Crippen molar-refractivity contribution in [3.63, 3.8) is 0 Å². The van der Waals surface area contributed by atoms with Crippen molar-refractivity contribution >= 4 is 51.7 Å². The number of benzene rings is 2. The van der Waals surface area contributed by atoms with Gasteiger partial charge in [0.15, 0.2) is 0 Å². The number of carbonyl (C=O) groups is 1. The topological polar surface area (TPSA) is 59.4 Å². The molecule has 1 N–H and O–H groups in total. The van der Waals surface area contributed by atoms with E-state index in [1.165, 1.54) is 25.3 Å². The summed E-state index contributed by atoms with van der Waals surface area (Å²) in [5, 5.41) is 11.0. The van der Waals surface area contributed by atoms with Gasteiger partial charge in [-0.05, 0) is 36.4 Å². The molecular weight excluding hydrogens is 373 g/mol. The molecule has 0 saturated carbocycles. The van der Waals surface area contributed by atoms with E-state index in [0.717, 1.165) is 0 Å². The lowest BCUT2D eigenvalue weighted by Crippen LogP contribution is -2.01. The Kier molecular flexibility index (Phi) is 4.54. The first kappa shape index (κ1) is 16.8. The molecule has 3 rings (SSSR count). The molecule has 0 atom stereocenters. The maximum Gasteiger partial charge on any atom is 0.336 e. The van der Waals surface area contributed by atoms with Gasteiger partial charge >= 0.3 is 5.97 Å². The summed E-state index contributed by atoms with van der Waals surface area (Å²) < 4.78 is 5.32. The second-order valence-corrected chi connectivity index (χ2v) is 6.27. The molecule has 122 valence electrons.